The Bertz CT molecular complexity index is 150. The van der Waals surface area contributed by atoms with Crippen LogP contribution in [0.15, 0.2) is 0 Å². The van der Waals surface area contributed by atoms with Gasteiger partial charge in [0.1, 0.15) is 0 Å². The van der Waals surface area contributed by atoms with E-state index in [-0.39, 0.29) is 0 Å². The Morgan fingerprint density at radius 3 is 1.78 bits per heavy atom. The van der Waals surface area contributed by atoms with Crippen molar-refractivity contribution in [1.82, 2.24) is 0 Å². The molecular formula is C2F3O3S-. The second-order valence-corrected chi connectivity index (χ2v) is 1.86. The monoisotopic (exact) mass is 161 g/mol. The van der Waals surface area contributed by atoms with Crippen LogP contribution < -0.4 is 0 Å². The lowest BCUT2D eigenvalue weighted by molar-refractivity contribution is -0.161. The van der Waals surface area contributed by atoms with Crippen molar-refractivity contribution in [1.29, 1.82) is 0 Å². The fourth-order valence-electron chi connectivity index (χ4n) is 0.0945. The van der Waals surface area contributed by atoms with Crippen LogP contribution in [-0.2, 0) is 15.9 Å². The van der Waals surface area contributed by atoms with Gasteiger partial charge in [0.05, 0.1) is 0 Å². The lowest BCUT2D eigenvalue weighted by Crippen LogP contribution is -2.26. The van der Waals surface area contributed by atoms with E-state index >= 15 is 0 Å². The molecule has 1 unspecified atom stereocenters. The molecule has 0 spiro atoms. The Balaban J connectivity index is 4.23. The van der Waals surface area contributed by atoms with Crippen LogP contribution in [0, 0.1) is 0 Å². The summed E-state index contributed by atoms with van der Waals surface area (Å²) in [5.74, 6) is 0. The van der Waals surface area contributed by atoms with Gasteiger partial charge >= 0.3 is 11.3 Å². The Labute approximate surface area is 50.1 Å². The van der Waals surface area contributed by atoms with E-state index in [0.717, 1.165) is 0 Å². The number of carbonyl (C=O) groups is 1. The predicted octanol–water partition coefficient (Wildman–Crippen LogP) is -0.0456. The first-order chi connectivity index (χ1) is 3.85. The maximum atomic E-state index is 11.0. The van der Waals surface area contributed by atoms with Crippen LogP contribution in [0.5, 0.6) is 0 Å². The first kappa shape index (κ1) is 8.57. The van der Waals surface area contributed by atoms with Crippen molar-refractivity contribution in [3.05, 3.63) is 0 Å². The Hall–Kier alpha value is -0.430. The maximum Gasteiger partial charge on any atom is 0.462 e. The number of halogens is 3. The van der Waals surface area contributed by atoms with E-state index in [4.69, 9.17) is 0 Å². The first-order valence-electron chi connectivity index (χ1n) is 1.56. The van der Waals surface area contributed by atoms with Crippen molar-refractivity contribution in [3.63, 3.8) is 0 Å². The SMILES string of the molecule is O=C(S(=O)[O-])C(F)(F)F. The molecule has 0 aliphatic rings. The molecule has 0 rings (SSSR count). The molecule has 0 aromatic rings. The van der Waals surface area contributed by atoms with Crippen molar-refractivity contribution >= 4 is 16.2 Å². The molecule has 0 aliphatic carbocycles. The van der Waals surface area contributed by atoms with Crippen LogP contribution >= 0.6 is 0 Å². The number of hydrogen-bond donors (Lipinski definition) is 0. The van der Waals surface area contributed by atoms with Gasteiger partial charge in [-0.1, -0.05) is 0 Å². The Morgan fingerprint density at radius 2 is 1.78 bits per heavy atom. The molecule has 0 N–H and O–H groups in total. The van der Waals surface area contributed by atoms with Crippen LogP contribution in [0.3, 0.4) is 0 Å². The molecule has 3 nitrogen and oxygen atoms in total. The molecule has 0 heterocycles. The van der Waals surface area contributed by atoms with Gasteiger partial charge in [0, 0.05) is 11.1 Å². The van der Waals surface area contributed by atoms with Gasteiger partial charge in [-0.3, -0.25) is 9.00 Å². The van der Waals surface area contributed by atoms with Crippen molar-refractivity contribution in [3.8, 4) is 0 Å². The van der Waals surface area contributed by atoms with E-state index in [9.17, 15) is 26.7 Å². The zero-order valence-corrected chi connectivity index (χ0v) is 4.58. The van der Waals surface area contributed by atoms with Gasteiger partial charge in [0.2, 0.25) is 0 Å². The second-order valence-electron chi connectivity index (χ2n) is 1.02. The second kappa shape index (κ2) is 2.44. The quantitative estimate of drug-likeness (QED) is 0.468. The van der Waals surface area contributed by atoms with Crippen LogP contribution in [0.25, 0.3) is 0 Å². The third-order valence-corrected chi connectivity index (χ3v) is 0.917. The average Bonchev–Trinajstić information content (AvgIpc) is 1.62. The normalized spacial score (nSPS) is 15.1. The summed E-state index contributed by atoms with van der Waals surface area (Å²) in [7, 11) is 0. The van der Waals surface area contributed by atoms with Crippen molar-refractivity contribution < 1.29 is 26.7 Å². The van der Waals surface area contributed by atoms with Crippen molar-refractivity contribution in [2.75, 3.05) is 0 Å². The molecule has 0 fully saturated rings. The highest BCUT2D eigenvalue weighted by Crippen LogP contribution is 2.16. The van der Waals surface area contributed by atoms with Gasteiger partial charge in [0.15, 0.2) is 0 Å². The molecule has 0 bridgehead atoms. The molecular weight excluding hydrogens is 161 g/mol. The predicted molar refractivity (Wildman–Crippen MR) is 20.0 cm³/mol. The standard InChI is InChI=1S/C2HF3O3S/c3-2(4,5)1(6)9(7)8/h(H,7,8)/p-1. The van der Waals surface area contributed by atoms with Crippen LogP contribution in [0.4, 0.5) is 13.2 Å². The molecule has 0 aliphatic heterocycles. The van der Waals surface area contributed by atoms with Crippen LogP contribution in [-0.4, -0.2) is 20.1 Å². The maximum absolute atomic E-state index is 11.0. The zero-order chi connectivity index (χ0) is 7.65. The lowest BCUT2D eigenvalue weighted by Gasteiger charge is -2.05. The molecule has 9 heavy (non-hydrogen) atoms. The van der Waals surface area contributed by atoms with E-state index in [0.29, 0.717) is 0 Å². The van der Waals surface area contributed by atoms with E-state index in [1.54, 1.807) is 0 Å². The summed E-state index contributed by atoms with van der Waals surface area (Å²) in [5, 5.41) is -2.75. The first-order valence-corrected chi connectivity index (χ1v) is 2.63. The fraction of sp³-hybridized carbons (Fsp3) is 0.500. The van der Waals surface area contributed by atoms with Crippen LogP contribution in [0.2, 0.25) is 0 Å². The minimum atomic E-state index is -5.27. The summed E-state index contributed by atoms with van der Waals surface area (Å²) in [6, 6.07) is 0. The third kappa shape index (κ3) is 2.56. The highest BCUT2D eigenvalue weighted by atomic mass is 32.2. The average molecular weight is 161 g/mol. The minimum absolute atomic E-state index is 2.75. The number of carbonyl (C=O) groups excluding carboxylic acids is 1. The number of hydrogen-bond acceptors (Lipinski definition) is 3. The summed E-state index contributed by atoms with van der Waals surface area (Å²) < 4.78 is 51.4. The van der Waals surface area contributed by atoms with Crippen molar-refractivity contribution in [2.24, 2.45) is 0 Å². The summed E-state index contributed by atoms with van der Waals surface area (Å²) in [4.78, 5) is 9.43. The Kier molecular flexibility index (Phi) is 2.32. The van der Waals surface area contributed by atoms with Gasteiger partial charge in [-0.05, 0) is 0 Å². The minimum Gasteiger partial charge on any atom is -0.766 e. The van der Waals surface area contributed by atoms with E-state index in [1.165, 1.54) is 0 Å². The molecule has 0 saturated heterocycles. The largest absolute Gasteiger partial charge is 0.766 e. The molecule has 0 amide bonds. The Morgan fingerprint density at radius 1 is 1.44 bits per heavy atom. The number of alkyl halides is 3. The molecule has 54 valence electrons. The summed E-state index contributed by atoms with van der Waals surface area (Å²) in [6.07, 6.45) is -5.27. The highest BCUT2D eigenvalue weighted by Gasteiger charge is 2.39. The molecule has 0 aromatic carbocycles. The topological polar surface area (TPSA) is 57.2 Å². The molecule has 0 saturated carbocycles. The van der Waals surface area contributed by atoms with Crippen LogP contribution in [0.1, 0.15) is 0 Å². The van der Waals surface area contributed by atoms with E-state index in [2.05, 4.69) is 0 Å². The van der Waals surface area contributed by atoms with Gasteiger partial charge < -0.3 is 4.55 Å². The zero-order valence-electron chi connectivity index (χ0n) is 3.77. The lowest BCUT2D eigenvalue weighted by atomic mass is 10.8. The van der Waals surface area contributed by atoms with Gasteiger partial charge in [-0.2, -0.15) is 13.2 Å². The summed E-state index contributed by atoms with van der Waals surface area (Å²) >= 11 is -3.69. The van der Waals surface area contributed by atoms with Gasteiger partial charge in [0.25, 0.3) is 0 Å². The van der Waals surface area contributed by atoms with Gasteiger partial charge in [-0.25, -0.2) is 0 Å². The van der Waals surface area contributed by atoms with Crippen molar-refractivity contribution in [2.45, 2.75) is 6.18 Å². The molecule has 7 heteroatoms. The summed E-state index contributed by atoms with van der Waals surface area (Å²) in [5.41, 5.74) is 0. The third-order valence-electron chi connectivity index (χ3n) is 0.383. The molecule has 0 aromatic heterocycles. The van der Waals surface area contributed by atoms with Gasteiger partial charge in [-0.15, -0.1) is 0 Å². The number of rotatable bonds is 0. The smallest absolute Gasteiger partial charge is 0.462 e. The highest BCUT2D eigenvalue weighted by molar-refractivity contribution is 7.95. The van der Waals surface area contributed by atoms with E-state index < -0.39 is 22.4 Å². The molecule has 0 radical (unpaired) electrons. The fourth-order valence-corrected chi connectivity index (χ4v) is 0.283. The molecule has 1 atom stereocenters. The summed E-state index contributed by atoms with van der Waals surface area (Å²) in [6.45, 7) is 0. The van der Waals surface area contributed by atoms with E-state index in [1.807, 2.05) is 0 Å².